The summed E-state index contributed by atoms with van der Waals surface area (Å²) in [6.45, 7) is 0.287. The van der Waals surface area contributed by atoms with Gasteiger partial charge in [-0.25, -0.2) is 4.39 Å². The zero-order valence-corrected chi connectivity index (χ0v) is 12.4. The number of nitrogens with zero attached hydrogens (tertiary/aromatic N) is 1. The molecule has 2 N–H and O–H groups in total. The van der Waals surface area contributed by atoms with Gasteiger partial charge in [-0.05, 0) is 30.4 Å². The maximum atomic E-state index is 13.8. The van der Waals surface area contributed by atoms with Crippen LogP contribution >= 0.6 is 11.3 Å². The van der Waals surface area contributed by atoms with Crippen LogP contribution < -0.4 is 5.73 Å². The molecule has 3 rings (SSSR count). The van der Waals surface area contributed by atoms with Gasteiger partial charge in [0.05, 0.1) is 0 Å². The minimum absolute atomic E-state index is 0.122. The van der Waals surface area contributed by atoms with Crippen molar-refractivity contribution in [3.8, 4) is 0 Å². The van der Waals surface area contributed by atoms with Crippen molar-refractivity contribution in [2.45, 2.75) is 31.5 Å². The van der Waals surface area contributed by atoms with Crippen molar-refractivity contribution >= 4 is 17.2 Å². The number of hydrogen-bond acceptors (Lipinski definition) is 3. The third kappa shape index (κ3) is 3.14. The van der Waals surface area contributed by atoms with E-state index in [2.05, 4.69) is 0 Å². The van der Waals surface area contributed by atoms with Gasteiger partial charge in [-0.2, -0.15) is 0 Å². The summed E-state index contributed by atoms with van der Waals surface area (Å²) in [4.78, 5) is 15.2. The molecule has 110 valence electrons. The number of amides is 1. The van der Waals surface area contributed by atoms with Gasteiger partial charge in [0.1, 0.15) is 11.9 Å². The SMILES string of the molecule is NC(C(=O)N(Cc1ccccc1F)C1CC1)c1cccs1. The molecule has 1 fully saturated rings. The van der Waals surface area contributed by atoms with E-state index in [1.165, 1.54) is 17.4 Å². The Bertz CT molecular complexity index is 625. The summed E-state index contributed by atoms with van der Waals surface area (Å²) in [6.07, 6.45) is 1.94. The fraction of sp³-hybridized carbons (Fsp3) is 0.312. The van der Waals surface area contributed by atoms with Crippen molar-refractivity contribution in [1.29, 1.82) is 0 Å². The highest BCUT2D eigenvalue weighted by Crippen LogP contribution is 2.31. The lowest BCUT2D eigenvalue weighted by Gasteiger charge is -2.25. The minimum atomic E-state index is -0.655. The fourth-order valence-corrected chi connectivity index (χ4v) is 3.07. The summed E-state index contributed by atoms with van der Waals surface area (Å²) in [7, 11) is 0. The molecule has 1 aliphatic carbocycles. The lowest BCUT2D eigenvalue weighted by Crippen LogP contribution is -2.39. The molecule has 1 aromatic heterocycles. The normalized spacial score (nSPS) is 15.7. The van der Waals surface area contributed by atoms with Crippen LogP contribution in [-0.4, -0.2) is 16.8 Å². The molecule has 5 heteroatoms. The zero-order chi connectivity index (χ0) is 14.8. The van der Waals surface area contributed by atoms with Gasteiger partial charge in [-0.1, -0.05) is 24.3 Å². The average Bonchev–Trinajstić information content (AvgIpc) is 3.18. The third-order valence-corrected chi connectivity index (χ3v) is 4.64. The van der Waals surface area contributed by atoms with Gasteiger partial charge in [0.15, 0.2) is 0 Å². The first-order valence-corrected chi connectivity index (χ1v) is 7.87. The van der Waals surface area contributed by atoms with Crippen molar-refractivity contribution in [2.75, 3.05) is 0 Å². The first kappa shape index (κ1) is 14.2. The Balaban J connectivity index is 1.79. The molecule has 0 bridgehead atoms. The maximum Gasteiger partial charge on any atom is 0.245 e. The van der Waals surface area contributed by atoms with Crippen LogP contribution in [0.15, 0.2) is 41.8 Å². The summed E-state index contributed by atoms with van der Waals surface area (Å²) in [5.74, 6) is -0.399. The van der Waals surface area contributed by atoms with Crippen molar-refractivity contribution in [3.63, 3.8) is 0 Å². The van der Waals surface area contributed by atoms with Gasteiger partial charge in [-0.15, -0.1) is 11.3 Å². The summed E-state index contributed by atoms with van der Waals surface area (Å²) in [5, 5.41) is 1.90. The van der Waals surface area contributed by atoms with Crippen LogP contribution in [0.1, 0.15) is 29.3 Å². The van der Waals surface area contributed by atoms with Gasteiger partial charge in [0.2, 0.25) is 5.91 Å². The van der Waals surface area contributed by atoms with Crippen LogP contribution in [0.25, 0.3) is 0 Å². The molecule has 0 saturated heterocycles. The molecule has 2 aromatic rings. The van der Waals surface area contributed by atoms with Crippen molar-refractivity contribution in [1.82, 2.24) is 4.90 Å². The van der Waals surface area contributed by atoms with Gasteiger partial charge in [0, 0.05) is 23.0 Å². The van der Waals surface area contributed by atoms with Crippen LogP contribution in [0.3, 0.4) is 0 Å². The Kier molecular flexibility index (Phi) is 4.03. The van der Waals surface area contributed by atoms with E-state index in [1.807, 2.05) is 17.5 Å². The summed E-state index contributed by atoms with van der Waals surface area (Å²) < 4.78 is 13.8. The largest absolute Gasteiger partial charge is 0.334 e. The van der Waals surface area contributed by atoms with E-state index < -0.39 is 6.04 Å². The van der Waals surface area contributed by atoms with Crippen molar-refractivity contribution < 1.29 is 9.18 Å². The number of thiophene rings is 1. The van der Waals surface area contributed by atoms with E-state index in [0.717, 1.165) is 17.7 Å². The minimum Gasteiger partial charge on any atom is -0.334 e. The molecular weight excluding hydrogens is 287 g/mol. The van der Waals surface area contributed by atoms with Gasteiger partial charge in [-0.3, -0.25) is 4.79 Å². The molecular formula is C16H17FN2OS. The molecule has 0 aliphatic heterocycles. The number of halogens is 1. The second-order valence-electron chi connectivity index (χ2n) is 5.28. The predicted octanol–water partition coefficient (Wildman–Crippen LogP) is 3.08. The maximum absolute atomic E-state index is 13.8. The molecule has 1 aliphatic rings. The fourth-order valence-electron chi connectivity index (χ4n) is 2.35. The Hall–Kier alpha value is -1.72. The summed E-state index contributed by atoms with van der Waals surface area (Å²) >= 11 is 1.47. The van der Waals surface area contributed by atoms with E-state index in [1.54, 1.807) is 23.1 Å². The number of carbonyl (C=O) groups is 1. The Morgan fingerprint density at radius 1 is 1.33 bits per heavy atom. The first-order valence-electron chi connectivity index (χ1n) is 6.99. The van der Waals surface area contributed by atoms with E-state index >= 15 is 0 Å². The average molecular weight is 304 g/mol. The highest BCUT2D eigenvalue weighted by Gasteiger charge is 2.35. The molecule has 0 radical (unpaired) electrons. The molecule has 1 amide bonds. The van der Waals surface area contributed by atoms with Crippen molar-refractivity contribution in [2.24, 2.45) is 5.73 Å². The summed E-state index contributed by atoms with van der Waals surface area (Å²) in [6, 6.07) is 9.86. The van der Waals surface area contributed by atoms with E-state index in [9.17, 15) is 9.18 Å². The van der Waals surface area contributed by atoms with Crippen molar-refractivity contribution in [3.05, 3.63) is 58.0 Å². The monoisotopic (exact) mass is 304 g/mol. The van der Waals surface area contributed by atoms with E-state index in [-0.39, 0.29) is 24.3 Å². The second kappa shape index (κ2) is 5.95. The van der Waals surface area contributed by atoms with Crippen LogP contribution in [-0.2, 0) is 11.3 Å². The highest BCUT2D eigenvalue weighted by molar-refractivity contribution is 7.10. The number of hydrogen-bond donors (Lipinski definition) is 1. The topological polar surface area (TPSA) is 46.3 Å². The van der Waals surface area contributed by atoms with Gasteiger partial charge in [0.25, 0.3) is 0 Å². The summed E-state index contributed by atoms with van der Waals surface area (Å²) in [5.41, 5.74) is 6.60. The molecule has 1 heterocycles. The molecule has 1 atom stereocenters. The molecule has 1 aromatic carbocycles. The zero-order valence-electron chi connectivity index (χ0n) is 11.5. The lowest BCUT2D eigenvalue weighted by molar-refractivity contribution is -0.133. The number of carbonyl (C=O) groups excluding carboxylic acids is 1. The van der Waals surface area contributed by atoms with Crippen LogP contribution in [0.4, 0.5) is 4.39 Å². The number of nitrogens with two attached hydrogens (primary N) is 1. The Morgan fingerprint density at radius 3 is 2.71 bits per heavy atom. The van der Waals surface area contributed by atoms with Crippen LogP contribution in [0, 0.1) is 5.82 Å². The first-order chi connectivity index (χ1) is 10.2. The molecule has 3 nitrogen and oxygen atoms in total. The molecule has 21 heavy (non-hydrogen) atoms. The number of rotatable bonds is 5. The van der Waals surface area contributed by atoms with Gasteiger partial charge < -0.3 is 10.6 Å². The molecule has 1 unspecified atom stereocenters. The molecule has 1 saturated carbocycles. The van der Waals surface area contributed by atoms with Crippen LogP contribution in [0.5, 0.6) is 0 Å². The quantitative estimate of drug-likeness (QED) is 0.922. The Labute approximate surface area is 127 Å². The van der Waals surface area contributed by atoms with E-state index in [0.29, 0.717) is 5.56 Å². The second-order valence-corrected chi connectivity index (χ2v) is 6.26. The smallest absolute Gasteiger partial charge is 0.245 e. The number of benzene rings is 1. The highest BCUT2D eigenvalue weighted by atomic mass is 32.1. The van der Waals surface area contributed by atoms with Gasteiger partial charge >= 0.3 is 0 Å². The molecule has 0 spiro atoms. The standard InChI is InChI=1S/C16H17FN2OS/c17-13-5-2-1-4-11(13)10-19(12-7-8-12)16(20)15(18)14-6-3-9-21-14/h1-6,9,12,15H,7-8,10,18H2. The Morgan fingerprint density at radius 2 is 2.10 bits per heavy atom. The lowest BCUT2D eigenvalue weighted by atomic mass is 10.1. The van der Waals surface area contributed by atoms with Crippen LogP contribution in [0.2, 0.25) is 0 Å². The third-order valence-electron chi connectivity index (χ3n) is 3.69. The van der Waals surface area contributed by atoms with E-state index in [4.69, 9.17) is 5.73 Å². The predicted molar refractivity (Wildman–Crippen MR) is 81.2 cm³/mol.